The van der Waals surface area contributed by atoms with Crippen LogP contribution in [-0.2, 0) is 14.3 Å². The topological polar surface area (TPSA) is 76.0 Å². The van der Waals surface area contributed by atoms with Crippen molar-refractivity contribution < 1.29 is 32.3 Å². The molecule has 2 amide bonds. The minimum absolute atomic E-state index is 0.188. The number of allylic oxidation sites excluding steroid dienone is 1. The third-order valence-corrected chi connectivity index (χ3v) is 4.40. The molecule has 1 fully saturated rings. The first-order valence-corrected chi connectivity index (χ1v) is 10.7. The Morgan fingerprint density at radius 1 is 1.12 bits per heavy atom. The van der Waals surface area contributed by atoms with Gasteiger partial charge in [0.15, 0.2) is 0 Å². The van der Waals surface area contributed by atoms with E-state index in [1.165, 1.54) is 5.56 Å². The Labute approximate surface area is 202 Å². The molecule has 1 saturated heterocycles. The van der Waals surface area contributed by atoms with Crippen LogP contribution in [0.25, 0.3) is 0 Å². The van der Waals surface area contributed by atoms with Crippen molar-refractivity contribution in [2.45, 2.75) is 58.2 Å². The number of hydrogen-bond donors (Lipinski definition) is 0. The fourth-order valence-corrected chi connectivity index (χ4v) is 2.81. The van der Waals surface area contributed by atoms with Crippen molar-refractivity contribution in [1.29, 1.82) is 0 Å². The highest BCUT2D eigenvalue weighted by Gasteiger charge is 2.37. The van der Waals surface area contributed by atoms with Gasteiger partial charge in [-0.05, 0) is 70.9 Å². The number of rotatable bonds is 1. The molecule has 1 heterocycles. The second-order valence-electron chi connectivity index (χ2n) is 7.66. The molecule has 1 aromatic carbocycles. The second-order valence-corrected chi connectivity index (χ2v) is 8.58. The summed E-state index contributed by atoms with van der Waals surface area (Å²) >= 11 is 3.46. The van der Waals surface area contributed by atoms with Crippen molar-refractivity contribution in [2.75, 3.05) is 13.1 Å². The Kier molecular flexibility index (Phi) is 16.0. The summed E-state index contributed by atoms with van der Waals surface area (Å²) in [5.74, 6) is -1.61. The Bertz CT molecular complexity index is 740. The van der Waals surface area contributed by atoms with Crippen LogP contribution in [0, 0.1) is 0 Å². The third kappa shape index (κ3) is 15.1. The highest BCUT2D eigenvalue weighted by molar-refractivity contribution is 9.10. The van der Waals surface area contributed by atoms with Gasteiger partial charge in [-0.3, -0.25) is 4.79 Å². The molecule has 186 valence electrons. The number of alkyl halides is 3. The zero-order valence-electron chi connectivity index (χ0n) is 19.5. The van der Waals surface area contributed by atoms with Gasteiger partial charge in [0.05, 0.1) is 0 Å². The standard InChI is InChI=1S/C16H22BrNO2.C3H2F3NO.C3H6.CH2O/c1-16(2,3)20-15(19)18-10-8-13(9-11-18)12-4-6-14(17)7-5-12;1-7-2(8)3(4,5)6;1-3-2;1-2/h4-7,13H,8-11H2,1-3H3;1H2;3H,1H2,2H3;1H2. The summed E-state index contributed by atoms with van der Waals surface area (Å²) in [5, 5.41) is 0. The molecule has 33 heavy (non-hydrogen) atoms. The van der Waals surface area contributed by atoms with E-state index in [1.54, 1.807) is 6.08 Å². The number of ether oxygens (including phenoxy) is 1. The molecule has 1 aromatic rings. The Morgan fingerprint density at radius 2 is 1.55 bits per heavy atom. The average molecular weight is 537 g/mol. The maximum atomic E-state index is 12.0. The van der Waals surface area contributed by atoms with E-state index in [-0.39, 0.29) is 6.09 Å². The maximum Gasteiger partial charge on any atom is 0.473 e. The molecule has 0 atom stereocenters. The molecule has 0 bridgehead atoms. The van der Waals surface area contributed by atoms with E-state index >= 15 is 0 Å². The van der Waals surface area contributed by atoms with Crippen molar-refractivity contribution in [2.24, 2.45) is 4.99 Å². The summed E-state index contributed by atoms with van der Waals surface area (Å²) in [4.78, 5) is 33.4. The number of benzene rings is 1. The lowest BCUT2D eigenvalue weighted by atomic mass is 9.90. The number of nitrogens with zero attached hydrogens (tertiary/aromatic N) is 2. The first-order chi connectivity index (χ1) is 15.2. The summed E-state index contributed by atoms with van der Waals surface area (Å²) in [6, 6.07) is 8.49. The normalized spacial score (nSPS) is 13.5. The number of aliphatic imine (C=N–C) groups is 1. The summed E-state index contributed by atoms with van der Waals surface area (Å²) in [5.41, 5.74) is 0.941. The highest BCUT2D eigenvalue weighted by Crippen LogP contribution is 2.29. The van der Waals surface area contributed by atoms with Gasteiger partial charge in [-0.25, -0.2) is 9.79 Å². The molecule has 6 nitrogen and oxygen atoms in total. The summed E-state index contributed by atoms with van der Waals surface area (Å²) < 4.78 is 39.4. The summed E-state index contributed by atoms with van der Waals surface area (Å²) in [6.07, 6.45) is -1.30. The zero-order chi connectivity index (χ0) is 26.2. The molecule has 1 aliphatic heterocycles. The number of carbonyl (C=O) groups excluding carboxylic acids is 3. The van der Waals surface area contributed by atoms with Gasteiger partial charge in [0.2, 0.25) is 0 Å². The highest BCUT2D eigenvalue weighted by atomic mass is 79.9. The number of halogens is 4. The monoisotopic (exact) mass is 536 g/mol. The predicted octanol–water partition coefficient (Wildman–Crippen LogP) is 6.35. The van der Waals surface area contributed by atoms with Gasteiger partial charge in [-0.15, -0.1) is 6.58 Å². The maximum absolute atomic E-state index is 12.0. The molecule has 0 saturated carbocycles. The Morgan fingerprint density at radius 3 is 1.85 bits per heavy atom. The minimum atomic E-state index is -4.86. The predicted molar refractivity (Wildman–Crippen MR) is 128 cm³/mol. The van der Waals surface area contributed by atoms with E-state index in [2.05, 4.69) is 58.5 Å². The number of hydrogen-bond acceptors (Lipinski definition) is 4. The molecular formula is C23H32BrF3N2O4. The van der Waals surface area contributed by atoms with Gasteiger partial charge < -0.3 is 14.4 Å². The van der Waals surface area contributed by atoms with Crippen LogP contribution >= 0.6 is 15.9 Å². The van der Waals surface area contributed by atoms with Gasteiger partial charge >= 0.3 is 18.2 Å². The van der Waals surface area contributed by atoms with Gasteiger partial charge in [-0.1, -0.05) is 34.1 Å². The van der Waals surface area contributed by atoms with E-state index in [1.807, 2.05) is 39.4 Å². The lowest BCUT2D eigenvalue weighted by Gasteiger charge is -2.33. The van der Waals surface area contributed by atoms with Crippen LogP contribution in [0.4, 0.5) is 18.0 Å². The van der Waals surface area contributed by atoms with E-state index in [0.29, 0.717) is 5.92 Å². The number of carbonyl (C=O) groups is 3. The molecule has 0 radical (unpaired) electrons. The van der Waals surface area contributed by atoms with E-state index in [0.717, 1.165) is 30.4 Å². The van der Waals surface area contributed by atoms with Crippen molar-refractivity contribution in [3.05, 3.63) is 47.0 Å². The average Bonchev–Trinajstić information content (AvgIpc) is 2.74. The lowest BCUT2D eigenvalue weighted by molar-refractivity contribution is -0.169. The van der Waals surface area contributed by atoms with Crippen LogP contribution in [0.3, 0.4) is 0 Å². The van der Waals surface area contributed by atoms with E-state index < -0.39 is 17.7 Å². The van der Waals surface area contributed by atoms with Crippen molar-refractivity contribution in [1.82, 2.24) is 4.90 Å². The Balaban J connectivity index is 0. The molecule has 2 rings (SSSR count). The zero-order valence-corrected chi connectivity index (χ0v) is 21.0. The van der Waals surface area contributed by atoms with Crippen LogP contribution < -0.4 is 0 Å². The first-order valence-electron chi connectivity index (χ1n) is 9.92. The van der Waals surface area contributed by atoms with Crippen molar-refractivity contribution in [3.63, 3.8) is 0 Å². The lowest BCUT2D eigenvalue weighted by Crippen LogP contribution is -2.41. The second kappa shape index (κ2) is 16.2. The number of amides is 2. The van der Waals surface area contributed by atoms with Crippen molar-refractivity contribution >= 4 is 41.4 Å². The molecule has 10 heteroatoms. The number of likely N-dealkylation sites (tertiary alicyclic amines) is 1. The van der Waals surface area contributed by atoms with E-state index in [4.69, 9.17) is 9.53 Å². The molecule has 0 unspecified atom stereocenters. The van der Waals surface area contributed by atoms with E-state index in [9.17, 15) is 22.8 Å². The smallest absolute Gasteiger partial charge is 0.444 e. The summed E-state index contributed by atoms with van der Waals surface area (Å²) in [6.45, 7) is 16.9. The SMILES string of the molecule is C=CC.C=NC(=O)C(F)(F)F.C=O.CC(C)(C)OC(=O)N1CCC(c2ccc(Br)cc2)CC1. The van der Waals surface area contributed by atoms with Gasteiger partial charge in [-0.2, -0.15) is 13.2 Å². The number of piperidine rings is 1. The molecule has 0 aromatic heterocycles. The van der Waals surface area contributed by atoms with Crippen LogP contribution in [0.5, 0.6) is 0 Å². The molecule has 0 spiro atoms. The first kappa shape index (κ1) is 32.7. The van der Waals surface area contributed by atoms with Crippen LogP contribution in [0.15, 0.2) is 46.4 Å². The van der Waals surface area contributed by atoms with Gasteiger partial charge in [0, 0.05) is 17.6 Å². The van der Waals surface area contributed by atoms with Crippen LogP contribution in [0.1, 0.15) is 52.0 Å². The molecular weight excluding hydrogens is 505 g/mol. The summed E-state index contributed by atoms with van der Waals surface area (Å²) in [7, 11) is 0. The van der Waals surface area contributed by atoms with Crippen LogP contribution in [-0.4, -0.2) is 55.3 Å². The van der Waals surface area contributed by atoms with Crippen molar-refractivity contribution in [3.8, 4) is 0 Å². The third-order valence-electron chi connectivity index (χ3n) is 3.87. The fraction of sp³-hybridized carbons (Fsp3) is 0.478. The van der Waals surface area contributed by atoms with Gasteiger partial charge in [0.25, 0.3) is 0 Å². The minimum Gasteiger partial charge on any atom is -0.444 e. The largest absolute Gasteiger partial charge is 0.473 e. The van der Waals surface area contributed by atoms with Crippen LogP contribution in [0.2, 0.25) is 0 Å². The molecule has 0 N–H and O–H groups in total. The fourth-order valence-electron chi connectivity index (χ4n) is 2.55. The quantitative estimate of drug-likeness (QED) is 0.309. The Hall–Kier alpha value is -2.49. The molecule has 1 aliphatic rings. The molecule has 0 aliphatic carbocycles. The van der Waals surface area contributed by atoms with Gasteiger partial charge in [0.1, 0.15) is 12.4 Å².